The molecule has 3 heterocycles. The Hall–Kier alpha value is -4.74. The molecule has 0 aliphatic rings. The van der Waals surface area contributed by atoms with Gasteiger partial charge in [0.15, 0.2) is 0 Å². The molecule has 0 aliphatic carbocycles. The van der Waals surface area contributed by atoms with Crippen molar-refractivity contribution in [3.05, 3.63) is 126 Å². The number of hydrogen-bond acceptors (Lipinski definition) is 4. The van der Waals surface area contributed by atoms with E-state index in [0.29, 0.717) is 17.4 Å². The molecule has 0 unspecified atom stereocenters. The van der Waals surface area contributed by atoms with Crippen LogP contribution in [0.25, 0.3) is 44.4 Å². The van der Waals surface area contributed by atoms with Gasteiger partial charge in [-0.05, 0) is 78.2 Å². The summed E-state index contributed by atoms with van der Waals surface area (Å²) in [5.74, 6) is 2.78. The number of aryl methyl sites for hydroxylation is 2. The van der Waals surface area contributed by atoms with Crippen LogP contribution in [0.4, 0.5) is 4.39 Å². The fourth-order valence-electron chi connectivity index (χ4n) is 6.24. The van der Waals surface area contributed by atoms with Gasteiger partial charge in [0.2, 0.25) is 0 Å². The maximum Gasteiger partial charge on any atom is 2.00 e. The van der Waals surface area contributed by atoms with Crippen LogP contribution in [0.15, 0.2) is 91.4 Å². The molecule has 0 saturated heterocycles. The van der Waals surface area contributed by atoms with Crippen molar-refractivity contribution >= 4 is 21.8 Å². The van der Waals surface area contributed by atoms with E-state index < -0.39 is 0 Å². The standard InChI is InChI=1S/C39H33FN4O2.Pt/c1-24(2)14-27-17-30(43-23-28(22-42-43)39-25(3)15-29(40)16-26(39)4)19-33(18-27)46-32-10-11-35-34-8-6-7-9-36(34)44(37(35)20-32)38-21-31(45-5)12-13-41-38;/h6-13,15-18,21-24H,14H2,1-5H3;/q-2;+2. The van der Waals surface area contributed by atoms with Crippen molar-refractivity contribution in [2.45, 2.75) is 34.1 Å². The van der Waals surface area contributed by atoms with E-state index in [9.17, 15) is 4.39 Å². The van der Waals surface area contributed by atoms with Crippen molar-refractivity contribution in [2.75, 3.05) is 7.11 Å². The van der Waals surface area contributed by atoms with Crippen molar-refractivity contribution in [1.82, 2.24) is 19.3 Å². The molecule has 0 aliphatic heterocycles. The molecule has 7 rings (SSSR count). The largest absolute Gasteiger partial charge is 2.00 e. The second-order valence-electron chi connectivity index (χ2n) is 12.0. The summed E-state index contributed by atoms with van der Waals surface area (Å²) in [5, 5.41) is 6.81. The molecule has 0 amide bonds. The normalized spacial score (nSPS) is 11.3. The molecule has 7 aromatic rings. The predicted molar refractivity (Wildman–Crippen MR) is 180 cm³/mol. The number of pyridine rings is 1. The number of fused-ring (bicyclic) bond motifs is 3. The summed E-state index contributed by atoms with van der Waals surface area (Å²) in [4.78, 5) is 4.65. The molecule has 3 aromatic heterocycles. The first-order chi connectivity index (χ1) is 22.3. The predicted octanol–water partition coefficient (Wildman–Crippen LogP) is 9.38. The van der Waals surface area contributed by atoms with Gasteiger partial charge in [-0.25, -0.2) is 9.37 Å². The van der Waals surface area contributed by atoms with Crippen LogP contribution in [-0.2, 0) is 27.5 Å². The third-order valence-corrected chi connectivity index (χ3v) is 8.11. The molecule has 0 atom stereocenters. The van der Waals surface area contributed by atoms with Gasteiger partial charge in [-0.1, -0.05) is 37.6 Å². The zero-order valence-corrected chi connectivity index (χ0v) is 29.0. The number of methoxy groups -OCH3 is 1. The summed E-state index contributed by atoms with van der Waals surface area (Å²) in [6.07, 6.45) is 6.37. The molecular weight excluding hydrogens is 771 g/mol. The SMILES string of the molecule is COc1ccnc(-n2c3[c-]c(Oc4[c-]c(-n5cc(-c6c(C)cc(F)cc6C)cn5)cc(CC(C)C)c4)ccc3c3ccccc32)c1.[Pt+2]. The van der Waals surface area contributed by atoms with Crippen LogP contribution >= 0.6 is 0 Å². The first-order valence-corrected chi connectivity index (χ1v) is 15.3. The van der Waals surface area contributed by atoms with Gasteiger partial charge in [0.05, 0.1) is 13.3 Å². The summed E-state index contributed by atoms with van der Waals surface area (Å²) in [6, 6.07) is 30.1. The molecule has 0 N–H and O–H groups in total. The first-order valence-electron chi connectivity index (χ1n) is 15.3. The first kappa shape index (κ1) is 32.2. The van der Waals surface area contributed by atoms with Gasteiger partial charge < -0.3 is 14.0 Å². The summed E-state index contributed by atoms with van der Waals surface area (Å²) < 4.78 is 29.9. The van der Waals surface area contributed by atoms with Gasteiger partial charge >= 0.3 is 21.1 Å². The van der Waals surface area contributed by atoms with Gasteiger partial charge in [0, 0.05) is 41.0 Å². The van der Waals surface area contributed by atoms with Crippen LogP contribution in [0, 0.1) is 37.7 Å². The maximum absolute atomic E-state index is 14.0. The third kappa shape index (κ3) is 6.33. The van der Waals surface area contributed by atoms with Crippen LogP contribution < -0.4 is 9.47 Å². The Morgan fingerprint density at radius 1 is 0.894 bits per heavy atom. The average molecular weight is 804 g/mol. The summed E-state index contributed by atoms with van der Waals surface area (Å²) in [7, 11) is 1.65. The molecule has 0 radical (unpaired) electrons. The van der Waals surface area contributed by atoms with Crippen LogP contribution in [0.1, 0.15) is 30.5 Å². The number of benzene rings is 4. The quantitative estimate of drug-likeness (QED) is 0.144. The Morgan fingerprint density at radius 3 is 2.45 bits per heavy atom. The van der Waals surface area contributed by atoms with Crippen LogP contribution in [0.3, 0.4) is 0 Å². The number of hydrogen-bond donors (Lipinski definition) is 0. The van der Waals surface area contributed by atoms with Crippen molar-refractivity contribution in [1.29, 1.82) is 0 Å². The average Bonchev–Trinajstić information content (AvgIpc) is 3.63. The van der Waals surface area contributed by atoms with Gasteiger partial charge in [-0.15, -0.1) is 35.7 Å². The molecule has 6 nitrogen and oxygen atoms in total. The van der Waals surface area contributed by atoms with E-state index in [2.05, 4.69) is 64.9 Å². The summed E-state index contributed by atoms with van der Waals surface area (Å²) >= 11 is 0. The van der Waals surface area contributed by atoms with Crippen molar-refractivity contribution in [3.8, 4) is 39.9 Å². The number of ether oxygens (including phenoxy) is 2. The second kappa shape index (κ2) is 13.2. The number of aromatic nitrogens is 4. The zero-order chi connectivity index (χ0) is 31.9. The third-order valence-electron chi connectivity index (χ3n) is 8.11. The minimum absolute atomic E-state index is 0. The van der Waals surface area contributed by atoms with Crippen LogP contribution in [0.5, 0.6) is 17.2 Å². The van der Waals surface area contributed by atoms with Crippen LogP contribution in [0.2, 0.25) is 0 Å². The smallest absolute Gasteiger partial charge is 0.509 e. The Morgan fingerprint density at radius 2 is 1.68 bits per heavy atom. The Kier molecular flexibility index (Phi) is 9.02. The number of halogens is 1. The van der Waals surface area contributed by atoms with Gasteiger partial charge in [0.1, 0.15) is 17.4 Å². The topological polar surface area (TPSA) is 54.1 Å². The monoisotopic (exact) mass is 803 g/mol. The molecule has 47 heavy (non-hydrogen) atoms. The number of nitrogens with zero attached hydrogens (tertiary/aromatic N) is 4. The van der Waals surface area contributed by atoms with E-state index in [4.69, 9.17) is 9.47 Å². The fraction of sp³-hybridized carbons (Fsp3) is 0.179. The fourth-order valence-corrected chi connectivity index (χ4v) is 6.24. The second-order valence-corrected chi connectivity index (χ2v) is 12.0. The van der Waals surface area contributed by atoms with E-state index in [1.54, 1.807) is 30.1 Å². The Balaban J connectivity index is 0.00000386. The van der Waals surface area contributed by atoms with E-state index >= 15 is 0 Å². The molecule has 238 valence electrons. The number of para-hydroxylation sites is 1. The van der Waals surface area contributed by atoms with E-state index in [-0.39, 0.29) is 26.9 Å². The molecular formula is C39H33FN4O2Pt. The maximum atomic E-state index is 14.0. The van der Waals surface area contributed by atoms with Crippen molar-refractivity contribution in [3.63, 3.8) is 0 Å². The zero-order valence-electron chi connectivity index (χ0n) is 26.7. The van der Waals surface area contributed by atoms with E-state index in [1.165, 1.54) is 0 Å². The summed E-state index contributed by atoms with van der Waals surface area (Å²) in [6.45, 7) is 8.22. The van der Waals surface area contributed by atoms with E-state index in [1.807, 2.05) is 62.6 Å². The molecule has 8 heteroatoms. The summed E-state index contributed by atoms with van der Waals surface area (Å²) in [5.41, 5.74) is 7.36. The van der Waals surface area contributed by atoms with Crippen molar-refractivity contribution < 1.29 is 34.9 Å². The van der Waals surface area contributed by atoms with E-state index in [0.717, 1.165) is 73.3 Å². The minimum atomic E-state index is -0.238. The minimum Gasteiger partial charge on any atom is -0.509 e. The van der Waals surface area contributed by atoms with Gasteiger partial charge in [0.25, 0.3) is 0 Å². The van der Waals surface area contributed by atoms with Crippen molar-refractivity contribution in [2.24, 2.45) is 5.92 Å². The Labute approximate surface area is 288 Å². The molecule has 0 spiro atoms. The van der Waals surface area contributed by atoms with Crippen LogP contribution in [-0.4, -0.2) is 26.4 Å². The molecule has 0 saturated carbocycles. The Bertz CT molecular complexity index is 2210. The molecule has 0 bridgehead atoms. The van der Waals surface area contributed by atoms with Gasteiger partial charge in [-0.2, -0.15) is 16.7 Å². The number of rotatable bonds is 8. The van der Waals surface area contributed by atoms with Gasteiger partial charge in [-0.3, -0.25) is 4.68 Å². The molecule has 0 fully saturated rings. The molecule has 4 aromatic carbocycles.